The summed E-state index contributed by atoms with van der Waals surface area (Å²) in [7, 11) is 2.07. The minimum Gasteiger partial charge on any atom is -0.348 e. The van der Waals surface area contributed by atoms with Gasteiger partial charge in [0.05, 0.1) is 5.56 Å². The van der Waals surface area contributed by atoms with E-state index in [1.165, 1.54) is 0 Å². The van der Waals surface area contributed by atoms with Crippen molar-refractivity contribution in [3.8, 4) is 11.1 Å². The van der Waals surface area contributed by atoms with Crippen molar-refractivity contribution in [3.05, 3.63) is 89.7 Å². The van der Waals surface area contributed by atoms with E-state index in [1.54, 1.807) is 12.4 Å². The lowest BCUT2D eigenvalue weighted by Crippen LogP contribution is -2.47. The molecule has 0 spiro atoms. The summed E-state index contributed by atoms with van der Waals surface area (Å²) in [6.45, 7) is 3.76. The van der Waals surface area contributed by atoms with Crippen molar-refractivity contribution in [1.82, 2.24) is 20.1 Å². The fourth-order valence-corrected chi connectivity index (χ4v) is 3.60. The second-order valence-electron chi connectivity index (χ2n) is 7.80. The number of hydrogen-bond acceptors (Lipinski definition) is 4. The number of carbonyl (C=O) groups is 2. The first-order valence-corrected chi connectivity index (χ1v) is 10.5. The van der Waals surface area contributed by atoms with Crippen molar-refractivity contribution in [1.29, 1.82) is 0 Å². The topological polar surface area (TPSA) is 65.5 Å². The summed E-state index contributed by atoms with van der Waals surface area (Å²) in [5.74, 6) is -0.105. The van der Waals surface area contributed by atoms with Crippen LogP contribution in [0.15, 0.2) is 73.1 Å². The van der Waals surface area contributed by atoms with Crippen molar-refractivity contribution < 1.29 is 9.59 Å². The number of likely N-dealkylation sites (N-methyl/N-ethyl adjacent to an activating group) is 1. The van der Waals surface area contributed by atoms with Crippen LogP contribution in [0.4, 0.5) is 0 Å². The van der Waals surface area contributed by atoms with Crippen LogP contribution in [0.1, 0.15) is 26.3 Å². The fourth-order valence-electron chi connectivity index (χ4n) is 3.60. The van der Waals surface area contributed by atoms with Gasteiger partial charge >= 0.3 is 0 Å². The van der Waals surface area contributed by atoms with Crippen LogP contribution in [0, 0.1) is 0 Å². The molecule has 1 N–H and O–H groups in total. The number of hydrogen-bond donors (Lipinski definition) is 1. The maximum Gasteiger partial charge on any atom is 0.253 e. The van der Waals surface area contributed by atoms with Crippen LogP contribution < -0.4 is 5.32 Å². The molecule has 2 amide bonds. The first-order chi connectivity index (χ1) is 15.1. The van der Waals surface area contributed by atoms with E-state index >= 15 is 0 Å². The van der Waals surface area contributed by atoms with E-state index in [9.17, 15) is 9.59 Å². The predicted molar refractivity (Wildman–Crippen MR) is 121 cm³/mol. The van der Waals surface area contributed by atoms with Gasteiger partial charge in [0.1, 0.15) is 0 Å². The van der Waals surface area contributed by atoms with Crippen LogP contribution >= 0.6 is 0 Å². The maximum atomic E-state index is 12.7. The van der Waals surface area contributed by atoms with Gasteiger partial charge in [0.25, 0.3) is 11.8 Å². The summed E-state index contributed by atoms with van der Waals surface area (Å²) < 4.78 is 0. The molecule has 1 aliphatic rings. The van der Waals surface area contributed by atoms with Crippen LogP contribution in [-0.4, -0.2) is 59.8 Å². The number of piperazine rings is 1. The number of nitrogens with zero attached hydrogens (tertiary/aromatic N) is 3. The molecule has 2 heterocycles. The molecule has 158 valence electrons. The highest BCUT2D eigenvalue weighted by molar-refractivity contribution is 5.96. The molecule has 1 fully saturated rings. The van der Waals surface area contributed by atoms with Gasteiger partial charge in [-0.3, -0.25) is 14.6 Å². The Balaban J connectivity index is 1.42. The second-order valence-corrected chi connectivity index (χ2v) is 7.80. The first kappa shape index (κ1) is 20.8. The van der Waals surface area contributed by atoms with Gasteiger partial charge in [-0.15, -0.1) is 0 Å². The lowest BCUT2D eigenvalue weighted by Gasteiger charge is -2.32. The molecule has 1 aromatic heterocycles. The zero-order chi connectivity index (χ0) is 21.6. The normalized spacial score (nSPS) is 14.3. The Morgan fingerprint density at radius 3 is 2.29 bits per heavy atom. The molecule has 3 aromatic rings. The molecule has 31 heavy (non-hydrogen) atoms. The van der Waals surface area contributed by atoms with Gasteiger partial charge in [0.15, 0.2) is 0 Å². The number of nitrogens with one attached hydrogen (secondary N) is 1. The van der Waals surface area contributed by atoms with Crippen molar-refractivity contribution in [2.24, 2.45) is 0 Å². The van der Waals surface area contributed by atoms with Gasteiger partial charge in [0.2, 0.25) is 0 Å². The summed E-state index contributed by atoms with van der Waals surface area (Å²) in [5.41, 5.74) is 3.98. The van der Waals surface area contributed by atoms with Crippen molar-refractivity contribution >= 4 is 11.8 Å². The van der Waals surface area contributed by atoms with Crippen molar-refractivity contribution in [3.63, 3.8) is 0 Å². The molecule has 0 bridgehead atoms. The van der Waals surface area contributed by atoms with E-state index in [-0.39, 0.29) is 11.8 Å². The summed E-state index contributed by atoms with van der Waals surface area (Å²) in [6.07, 6.45) is 3.29. The molecule has 0 saturated carbocycles. The van der Waals surface area contributed by atoms with E-state index in [0.717, 1.165) is 42.9 Å². The van der Waals surface area contributed by atoms with E-state index in [0.29, 0.717) is 17.7 Å². The third-order valence-corrected chi connectivity index (χ3v) is 5.55. The summed E-state index contributed by atoms with van der Waals surface area (Å²) in [6, 6.07) is 19.1. The summed E-state index contributed by atoms with van der Waals surface area (Å²) in [5, 5.41) is 2.92. The van der Waals surface area contributed by atoms with Crippen LogP contribution in [0.2, 0.25) is 0 Å². The average molecular weight is 415 g/mol. The quantitative estimate of drug-likeness (QED) is 0.697. The van der Waals surface area contributed by atoms with Crippen LogP contribution in [-0.2, 0) is 6.54 Å². The number of carbonyl (C=O) groups excluding carboxylic acids is 2. The van der Waals surface area contributed by atoms with Gasteiger partial charge in [0, 0.05) is 56.2 Å². The lowest BCUT2D eigenvalue weighted by atomic mass is 10.0. The Hall–Kier alpha value is -3.51. The zero-order valence-electron chi connectivity index (χ0n) is 17.6. The molecule has 0 aliphatic carbocycles. The van der Waals surface area contributed by atoms with E-state index in [1.807, 2.05) is 65.6 Å². The average Bonchev–Trinajstić information content (AvgIpc) is 2.83. The highest BCUT2D eigenvalue weighted by Crippen LogP contribution is 2.21. The monoisotopic (exact) mass is 414 g/mol. The highest BCUT2D eigenvalue weighted by Gasteiger charge is 2.20. The van der Waals surface area contributed by atoms with Gasteiger partial charge in [-0.1, -0.05) is 42.5 Å². The SMILES string of the molecule is CN1CCN(C(=O)c2ccc(-c3cncc(C(=O)NCc4ccccc4)c3)cc2)CC1. The largest absolute Gasteiger partial charge is 0.348 e. The molecule has 2 aromatic carbocycles. The molecule has 1 saturated heterocycles. The van der Waals surface area contributed by atoms with Crippen LogP contribution in [0.3, 0.4) is 0 Å². The van der Waals surface area contributed by atoms with Crippen LogP contribution in [0.25, 0.3) is 11.1 Å². The van der Waals surface area contributed by atoms with Gasteiger partial charge in [-0.2, -0.15) is 0 Å². The minimum absolute atomic E-state index is 0.0619. The lowest BCUT2D eigenvalue weighted by molar-refractivity contribution is 0.0664. The predicted octanol–water partition coefficient (Wildman–Crippen LogP) is 3.07. The first-order valence-electron chi connectivity index (χ1n) is 10.5. The Labute approximate surface area is 182 Å². The number of pyridine rings is 1. The molecule has 1 aliphatic heterocycles. The molecule has 0 radical (unpaired) electrons. The molecule has 0 atom stereocenters. The molecule has 6 nitrogen and oxygen atoms in total. The molecule has 0 unspecified atom stereocenters. The standard InChI is InChI=1S/C25H26N4O2/c1-28-11-13-29(14-12-28)25(31)21-9-7-20(8-10-21)22-15-23(18-26-17-22)24(30)27-16-19-5-3-2-4-6-19/h2-10,15,17-18H,11-14,16H2,1H3,(H,27,30). The Morgan fingerprint density at radius 2 is 1.58 bits per heavy atom. The van der Waals surface area contributed by atoms with Crippen LogP contribution in [0.5, 0.6) is 0 Å². The van der Waals surface area contributed by atoms with Gasteiger partial charge < -0.3 is 15.1 Å². The second kappa shape index (κ2) is 9.53. The molecule has 4 rings (SSSR count). The Bertz CT molecular complexity index is 1040. The van der Waals surface area contributed by atoms with Gasteiger partial charge in [-0.25, -0.2) is 0 Å². The Kier molecular flexibility index (Phi) is 6.38. The van der Waals surface area contributed by atoms with Gasteiger partial charge in [-0.05, 0) is 36.4 Å². The molecular weight excluding hydrogens is 388 g/mol. The highest BCUT2D eigenvalue weighted by atomic mass is 16.2. The summed E-state index contributed by atoms with van der Waals surface area (Å²) in [4.78, 5) is 33.6. The summed E-state index contributed by atoms with van der Waals surface area (Å²) >= 11 is 0. The number of rotatable bonds is 5. The molecule has 6 heteroatoms. The number of aromatic nitrogens is 1. The molecular formula is C25H26N4O2. The van der Waals surface area contributed by atoms with Crippen molar-refractivity contribution in [2.75, 3.05) is 33.2 Å². The number of amides is 2. The minimum atomic E-state index is -0.167. The van der Waals surface area contributed by atoms with E-state index in [4.69, 9.17) is 0 Å². The Morgan fingerprint density at radius 1 is 0.871 bits per heavy atom. The maximum absolute atomic E-state index is 12.7. The van der Waals surface area contributed by atoms with E-state index in [2.05, 4.69) is 22.2 Å². The number of benzene rings is 2. The smallest absolute Gasteiger partial charge is 0.253 e. The zero-order valence-corrected chi connectivity index (χ0v) is 17.6. The van der Waals surface area contributed by atoms with E-state index < -0.39 is 0 Å². The third-order valence-electron chi connectivity index (χ3n) is 5.55. The van der Waals surface area contributed by atoms with Crippen molar-refractivity contribution in [2.45, 2.75) is 6.54 Å². The fraction of sp³-hybridized carbons (Fsp3) is 0.240. The third kappa shape index (κ3) is 5.16.